The van der Waals surface area contributed by atoms with Gasteiger partial charge in [0.15, 0.2) is 17.4 Å². The molecule has 2 nitrogen and oxygen atoms in total. The van der Waals surface area contributed by atoms with E-state index in [1.165, 1.54) is 11.6 Å². The summed E-state index contributed by atoms with van der Waals surface area (Å²) in [7, 11) is 0. The highest BCUT2D eigenvalue weighted by molar-refractivity contribution is 6.25. The molecule has 1 aromatic rings. The maximum Gasteiger partial charge on any atom is 0.191 e. The minimum Gasteiger partial charge on any atom is -0.483 e. The summed E-state index contributed by atoms with van der Waals surface area (Å²) in [5, 5.41) is 0. The van der Waals surface area contributed by atoms with E-state index >= 15 is 0 Å². The Morgan fingerprint density at radius 3 is 2.40 bits per heavy atom. The van der Waals surface area contributed by atoms with E-state index in [1.807, 2.05) is 0 Å². The summed E-state index contributed by atoms with van der Waals surface area (Å²) in [5.41, 5.74) is 1.10. The lowest BCUT2D eigenvalue weighted by Gasteiger charge is -2.06. The van der Waals surface area contributed by atoms with E-state index in [-0.39, 0.29) is 12.2 Å². The molecule has 0 fully saturated rings. The van der Waals surface area contributed by atoms with Crippen LogP contribution in [0.1, 0.15) is 10.4 Å². The Bertz CT molecular complexity index is 368. The van der Waals surface area contributed by atoms with Crippen LogP contribution in [0.3, 0.4) is 0 Å². The van der Waals surface area contributed by atoms with E-state index in [1.54, 1.807) is 0 Å². The predicted molar refractivity (Wildman–Crippen MR) is 52.2 cm³/mol. The molecule has 0 saturated heterocycles. The van der Waals surface area contributed by atoms with Crippen molar-refractivity contribution in [1.82, 2.24) is 0 Å². The fourth-order valence-electron chi connectivity index (χ4n) is 0.953. The molecule has 0 unspecified atom stereocenters. The Kier molecular flexibility index (Phi) is 4.24. The average molecular weight is 233 g/mol. The molecular formula is C10H7ClF2O2. The number of ether oxygens (including phenoxy) is 1. The van der Waals surface area contributed by atoms with Crippen molar-refractivity contribution >= 4 is 17.9 Å². The number of halogens is 3. The van der Waals surface area contributed by atoms with Gasteiger partial charge >= 0.3 is 0 Å². The SMILES string of the molecule is O=Cc1cc(F)c(OCC=CCl)c(F)c1. The van der Waals surface area contributed by atoms with Crippen molar-refractivity contribution in [3.05, 3.63) is 40.9 Å². The molecule has 15 heavy (non-hydrogen) atoms. The normalized spacial score (nSPS) is 10.6. The van der Waals surface area contributed by atoms with E-state index in [4.69, 9.17) is 16.3 Å². The van der Waals surface area contributed by atoms with Crippen LogP contribution >= 0.6 is 11.6 Å². The van der Waals surface area contributed by atoms with Crippen molar-refractivity contribution in [3.8, 4) is 5.75 Å². The van der Waals surface area contributed by atoms with Crippen LogP contribution < -0.4 is 4.74 Å². The van der Waals surface area contributed by atoms with Gasteiger partial charge in [-0.1, -0.05) is 11.6 Å². The first-order valence-electron chi connectivity index (χ1n) is 4.01. The van der Waals surface area contributed by atoms with Gasteiger partial charge in [0.2, 0.25) is 0 Å². The van der Waals surface area contributed by atoms with Crippen molar-refractivity contribution in [3.63, 3.8) is 0 Å². The van der Waals surface area contributed by atoms with Crippen LogP contribution in [0.4, 0.5) is 8.78 Å². The summed E-state index contributed by atoms with van der Waals surface area (Å²) in [6, 6.07) is 1.80. The monoisotopic (exact) mass is 232 g/mol. The zero-order valence-corrected chi connectivity index (χ0v) is 8.30. The topological polar surface area (TPSA) is 26.3 Å². The van der Waals surface area contributed by atoms with Gasteiger partial charge in [0.1, 0.15) is 12.9 Å². The first-order chi connectivity index (χ1) is 7.19. The van der Waals surface area contributed by atoms with Gasteiger partial charge in [-0.3, -0.25) is 4.79 Å². The molecule has 0 bridgehead atoms. The van der Waals surface area contributed by atoms with Crippen LogP contribution in [0, 0.1) is 11.6 Å². The maximum atomic E-state index is 13.1. The number of hydrogen-bond acceptors (Lipinski definition) is 2. The zero-order chi connectivity index (χ0) is 11.3. The van der Waals surface area contributed by atoms with E-state index < -0.39 is 17.4 Å². The Hall–Kier alpha value is -1.42. The fraction of sp³-hybridized carbons (Fsp3) is 0.100. The lowest BCUT2D eigenvalue weighted by molar-refractivity contribution is 0.112. The molecule has 0 saturated carbocycles. The molecule has 0 aliphatic rings. The summed E-state index contributed by atoms with van der Waals surface area (Å²) >= 11 is 5.20. The summed E-state index contributed by atoms with van der Waals surface area (Å²) < 4.78 is 31.1. The second-order valence-electron chi connectivity index (χ2n) is 2.60. The predicted octanol–water partition coefficient (Wildman–Crippen LogP) is 2.91. The highest BCUT2D eigenvalue weighted by Gasteiger charge is 2.11. The number of carbonyl (C=O) groups is 1. The van der Waals surface area contributed by atoms with Crippen molar-refractivity contribution in [2.24, 2.45) is 0 Å². The largest absolute Gasteiger partial charge is 0.483 e. The minimum atomic E-state index is -0.917. The van der Waals surface area contributed by atoms with Gasteiger partial charge in [0.05, 0.1) is 0 Å². The molecule has 1 rings (SSSR count). The molecular weight excluding hydrogens is 226 g/mol. The van der Waals surface area contributed by atoms with Gasteiger partial charge in [0, 0.05) is 11.1 Å². The Balaban J connectivity index is 2.92. The third-order valence-corrected chi connectivity index (χ3v) is 1.75. The molecule has 5 heteroatoms. The van der Waals surface area contributed by atoms with Crippen LogP contribution in [0.25, 0.3) is 0 Å². The molecule has 0 aliphatic carbocycles. The highest BCUT2D eigenvalue weighted by atomic mass is 35.5. The Morgan fingerprint density at radius 1 is 1.33 bits per heavy atom. The third-order valence-electron chi connectivity index (χ3n) is 1.57. The second-order valence-corrected chi connectivity index (χ2v) is 2.86. The Labute approximate surface area is 90.1 Å². The van der Waals surface area contributed by atoms with Crippen molar-refractivity contribution in [2.75, 3.05) is 6.61 Å². The molecule has 0 atom stereocenters. The molecule has 0 radical (unpaired) electrons. The number of carbonyl (C=O) groups excluding carboxylic acids is 1. The summed E-state index contributed by atoms with van der Waals surface area (Å²) in [4.78, 5) is 10.3. The fourth-order valence-corrected chi connectivity index (χ4v) is 1.03. The van der Waals surface area contributed by atoms with E-state index in [2.05, 4.69) is 0 Å². The van der Waals surface area contributed by atoms with Crippen LogP contribution in [-0.2, 0) is 0 Å². The summed E-state index contributed by atoms with van der Waals surface area (Å²) in [6.45, 7) is -0.0439. The molecule has 80 valence electrons. The lowest BCUT2D eigenvalue weighted by Crippen LogP contribution is -2.00. The van der Waals surface area contributed by atoms with E-state index in [0.29, 0.717) is 6.29 Å². The van der Waals surface area contributed by atoms with Crippen LogP contribution in [0.15, 0.2) is 23.7 Å². The summed E-state index contributed by atoms with van der Waals surface area (Å²) in [6.07, 6.45) is 1.74. The molecule has 0 N–H and O–H groups in total. The number of aldehydes is 1. The highest BCUT2D eigenvalue weighted by Crippen LogP contribution is 2.22. The van der Waals surface area contributed by atoms with Gasteiger partial charge in [-0.05, 0) is 18.2 Å². The number of benzene rings is 1. The molecule has 0 heterocycles. The van der Waals surface area contributed by atoms with Crippen molar-refractivity contribution in [1.29, 1.82) is 0 Å². The molecule has 0 aromatic heterocycles. The molecule has 1 aromatic carbocycles. The lowest BCUT2D eigenvalue weighted by atomic mass is 10.2. The quantitative estimate of drug-likeness (QED) is 0.746. The first-order valence-corrected chi connectivity index (χ1v) is 4.45. The van der Waals surface area contributed by atoms with Gasteiger partial charge in [-0.25, -0.2) is 8.78 Å². The van der Waals surface area contributed by atoms with Crippen LogP contribution in [0.2, 0.25) is 0 Å². The molecule has 0 aliphatic heterocycles. The zero-order valence-electron chi connectivity index (χ0n) is 7.54. The third kappa shape index (κ3) is 3.02. The smallest absolute Gasteiger partial charge is 0.191 e. The van der Waals surface area contributed by atoms with E-state index in [0.717, 1.165) is 12.1 Å². The Morgan fingerprint density at radius 2 is 1.93 bits per heavy atom. The number of hydrogen-bond donors (Lipinski definition) is 0. The minimum absolute atomic E-state index is 0.0439. The van der Waals surface area contributed by atoms with Crippen LogP contribution in [0.5, 0.6) is 5.75 Å². The van der Waals surface area contributed by atoms with Gasteiger partial charge in [0.25, 0.3) is 0 Å². The molecule has 0 amide bonds. The summed E-state index contributed by atoms with van der Waals surface area (Å²) in [5.74, 6) is -2.35. The van der Waals surface area contributed by atoms with Gasteiger partial charge in [-0.2, -0.15) is 0 Å². The van der Waals surface area contributed by atoms with Crippen molar-refractivity contribution < 1.29 is 18.3 Å². The van der Waals surface area contributed by atoms with E-state index in [9.17, 15) is 13.6 Å². The van der Waals surface area contributed by atoms with Gasteiger partial charge in [-0.15, -0.1) is 0 Å². The standard InChI is InChI=1S/C10H7ClF2O2/c11-2-1-3-15-10-8(12)4-7(6-14)5-9(10)13/h1-2,4-6H,3H2. The van der Waals surface area contributed by atoms with Crippen LogP contribution in [-0.4, -0.2) is 12.9 Å². The first kappa shape index (κ1) is 11.7. The second kappa shape index (κ2) is 5.46. The number of rotatable bonds is 4. The maximum absolute atomic E-state index is 13.1. The molecule has 0 spiro atoms. The average Bonchev–Trinajstić information content (AvgIpc) is 2.22. The van der Waals surface area contributed by atoms with Crippen molar-refractivity contribution in [2.45, 2.75) is 0 Å². The van der Waals surface area contributed by atoms with Gasteiger partial charge < -0.3 is 4.74 Å².